The molecule has 3 nitrogen and oxygen atoms in total. The molecule has 6 heteroatoms. The summed E-state index contributed by atoms with van der Waals surface area (Å²) in [5.41, 5.74) is -0.469. The first-order valence-electron chi connectivity index (χ1n) is 7.47. The number of rotatable bonds is 6. The van der Waals surface area contributed by atoms with Gasteiger partial charge in [0.25, 0.3) is 0 Å². The Balaban J connectivity index is 1.88. The molecule has 2 N–H and O–H groups in total. The van der Waals surface area contributed by atoms with Gasteiger partial charge >= 0.3 is 0 Å². The monoisotopic (exact) mass is 337 g/mol. The number of halogens is 3. The van der Waals surface area contributed by atoms with Crippen LogP contribution in [-0.4, -0.2) is 17.6 Å². The van der Waals surface area contributed by atoms with Crippen LogP contribution in [0.2, 0.25) is 0 Å². The molecule has 0 aromatic heterocycles. The van der Waals surface area contributed by atoms with Gasteiger partial charge in [-0.3, -0.25) is 4.79 Å². The van der Waals surface area contributed by atoms with Gasteiger partial charge in [-0.05, 0) is 36.6 Å². The Labute approximate surface area is 138 Å². The van der Waals surface area contributed by atoms with E-state index in [2.05, 4.69) is 5.32 Å². The third-order valence-electron chi connectivity index (χ3n) is 3.68. The number of hydrogen-bond donors (Lipinski definition) is 2. The van der Waals surface area contributed by atoms with Crippen molar-refractivity contribution >= 4 is 5.91 Å². The van der Waals surface area contributed by atoms with Crippen LogP contribution in [0.1, 0.15) is 24.5 Å². The lowest BCUT2D eigenvalue weighted by Gasteiger charge is -2.23. The lowest BCUT2D eigenvalue weighted by molar-refractivity contribution is -0.125. The summed E-state index contributed by atoms with van der Waals surface area (Å²) in [5, 5.41) is 12.9. The molecule has 0 bridgehead atoms. The van der Waals surface area contributed by atoms with Gasteiger partial charge in [0, 0.05) is 6.54 Å². The summed E-state index contributed by atoms with van der Waals surface area (Å²) in [6, 6.07) is 10.6. The summed E-state index contributed by atoms with van der Waals surface area (Å²) in [6.45, 7) is 1.65. The number of aliphatic hydroxyl groups is 1. The highest BCUT2D eigenvalue weighted by atomic mass is 19.2. The first-order valence-corrected chi connectivity index (χ1v) is 7.47. The molecule has 1 amide bonds. The van der Waals surface area contributed by atoms with Gasteiger partial charge < -0.3 is 10.4 Å². The molecule has 2 rings (SSSR count). The molecule has 2 aromatic rings. The van der Waals surface area contributed by atoms with Crippen molar-refractivity contribution in [2.24, 2.45) is 0 Å². The molecule has 1 unspecified atom stereocenters. The van der Waals surface area contributed by atoms with Crippen molar-refractivity contribution in [3.63, 3.8) is 0 Å². The minimum absolute atomic E-state index is 0.119. The van der Waals surface area contributed by atoms with Crippen LogP contribution >= 0.6 is 0 Å². The van der Waals surface area contributed by atoms with Crippen molar-refractivity contribution in [1.29, 1.82) is 0 Å². The van der Waals surface area contributed by atoms with E-state index in [0.717, 1.165) is 12.1 Å². The standard InChI is InChI=1S/C18H18F3NO2/c1-18(24,13-5-3-2-4-6-13)11-16(23)22-8-7-12-9-14(19)17(21)15(20)10-12/h2-6,9-10,24H,7-8,11H2,1H3,(H,22,23). The molecule has 0 spiro atoms. The smallest absolute Gasteiger partial charge is 0.223 e. The second-order valence-electron chi connectivity index (χ2n) is 5.79. The highest BCUT2D eigenvalue weighted by Gasteiger charge is 2.26. The Kier molecular flexibility index (Phi) is 5.62. The molecule has 0 aliphatic rings. The van der Waals surface area contributed by atoms with Crippen LogP contribution in [0, 0.1) is 17.5 Å². The summed E-state index contributed by atoms with van der Waals surface area (Å²) in [5.74, 6) is -4.43. The van der Waals surface area contributed by atoms with Gasteiger partial charge in [-0.1, -0.05) is 30.3 Å². The number of carbonyl (C=O) groups excluding carboxylic acids is 1. The number of amides is 1. The number of benzene rings is 2. The summed E-state index contributed by atoms with van der Waals surface area (Å²) < 4.78 is 39.1. The van der Waals surface area contributed by atoms with Gasteiger partial charge in [0.1, 0.15) is 0 Å². The number of carbonyl (C=O) groups is 1. The predicted molar refractivity (Wildman–Crippen MR) is 83.7 cm³/mol. The van der Waals surface area contributed by atoms with Crippen LogP contribution in [0.25, 0.3) is 0 Å². The average Bonchev–Trinajstić information content (AvgIpc) is 2.53. The maximum Gasteiger partial charge on any atom is 0.223 e. The second-order valence-corrected chi connectivity index (χ2v) is 5.79. The third-order valence-corrected chi connectivity index (χ3v) is 3.68. The SMILES string of the molecule is CC(O)(CC(=O)NCCc1cc(F)c(F)c(F)c1)c1ccccc1. The van der Waals surface area contributed by atoms with E-state index in [9.17, 15) is 23.1 Å². The number of nitrogens with one attached hydrogen (secondary N) is 1. The van der Waals surface area contributed by atoms with Gasteiger partial charge in [0.2, 0.25) is 5.91 Å². The van der Waals surface area contributed by atoms with Gasteiger partial charge in [-0.15, -0.1) is 0 Å². The molecule has 0 aliphatic carbocycles. The second kappa shape index (κ2) is 7.49. The van der Waals surface area contributed by atoms with E-state index in [1.165, 1.54) is 6.92 Å². The summed E-state index contributed by atoms with van der Waals surface area (Å²) >= 11 is 0. The van der Waals surface area contributed by atoms with Gasteiger partial charge in [-0.2, -0.15) is 0 Å². The zero-order valence-electron chi connectivity index (χ0n) is 13.2. The summed E-state index contributed by atoms with van der Waals surface area (Å²) in [7, 11) is 0. The highest BCUT2D eigenvalue weighted by molar-refractivity contribution is 5.77. The zero-order valence-corrected chi connectivity index (χ0v) is 13.2. The summed E-state index contributed by atoms with van der Waals surface area (Å²) in [4.78, 5) is 11.9. The highest BCUT2D eigenvalue weighted by Crippen LogP contribution is 2.23. The third kappa shape index (κ3) is 4.58. The van der Waals surface area contributed by atoms with Crippen molar-refractivity contribution in [2.75, 3.05) is 6.54 Å². The Morgan fingerprint density at radius 2 is 1.71 bits per heavy atom. The largest absolute Gasteiger partial charge is 0.385 e. The maximum atomic E-state index is 13.1. The molecule has 0 saturated heterocycles. The summed E-state index contributed by atoms with van der Waals surface area (Å²) in [6.07, 6.45) is -0.00348. The van der Waals surface area contributed by atoms with Crippen molar-refractivity contribution in [3.8, 4) is 0 Å². The van der Waals surface area contributed by atoms with E-state index in [1.807, 2.05) is 0 Å². The normalized spacial score (nSPS) is 13.4. The van der Waals surface area contributed by atoms with Crippen LogP contribution < -0.4 is 5.32 Å². The Morgan fingerprint density at radius 1 is 1.12 bits per heavy atom. The van der Waals surface area contributed by atoms with Gasteiger partial charge in [-0.25, -0.2) is 13.2 Å². The molecule has 0 heterocycles. The molecule has 128 valence electrons. The van der Waals surface area contributed by atoms with E-state index in [-0.39, 0.29) is 24.9 Å². The van der Waals surface area contributed by atoms with Crippen molar-refractivity contribution in [2.45, 2.75) is 25.4 Å². The fourth-order valence-electron chi connectivity index (χ4n) is 2.37. The van der Waals surface area contributed by atoms with Gasteiger partial charge in [0.15, 0.2) is 17.5 Å². The van der Waals surface area contributed by atoms with E-state index < -0.39 is 29.0 Å². The fourth-order valence-corrected chi connectivity index (χ4v) is 2.37. The minimum Gasteiger partial charge on any atom is -0.385 e. The van der Waals surface area contributed by atoms with Crippen LogP contribution in [0.3, 0.4) is 0 Å². The van der Waals surface area contributed by atoms with Crippen LogP contribution in [-0.2, 0) is 16.8 Å². The Morgan fingerprint density at radius 3 is 2.29 bits per heavy atom. The molecule has 1 atom stereocenters. The van der Waals surface area contributed by atoms with E-state index >= 15 is 0 Å². The van der Waals surface area contributed by atoms with Crippen LogP contribution in [0.4, 0.5) is 13.2 Å². The van der Waals surface area contributed by atoms with E-state index in [0.29, 0.717) is 5.56 Å². The van der Waals surface area contributed by atoms with Crippen molar-refractivity contribution in [1.82, 2.24) is 5.32 Å². The number of hydrogen-bond acceptors (Lipinski definition) is 2. The molecule has 0 fully saturated rings. The molecule has 0 saturated carbocycles. The fraction of sp³-hybridized carbons (Fsp3) is 0.278. The lowest BCUT2D eigenvalue weighted by atomic mass is 9.92. The average molecular weight is 337 g/mol. The Bertz CT molecular complexity index is 694. The molecule has 0 radical (unpaired) electrons. The quantitative estimate of drug-likeness (QED) is 0.796. The molecule has 24 heavy (non-hydrogen) atoms. The Hall–Kier alpha value is -2.34. The lowest BCUT2D eigenvalue weighted by Crippen LogP contribution is -2.33. The molecular formula is C18H18F3NO2. The van der Waals surface area contributed by atoms with Gasteiger partial charge in [0.05, 0.1) is 12.0 Å². The maximum absolute atomic E-state index is 13.1. The first-order chi connectivity index (χ1) is 11.3. The molecule has 0 aliphatic heterocycles. The van der Waals surface area contributed by atoms with Crippen molar-refractivity contribution in [3.05, 3.63) is 71.0 Å². The topological polar surface area (TPSA) is 49.3 Å². The van der Waals surface area contributed by atoms with E-state index in [1.54, 1.807) is 30.3 Å². The van der Waals surface area contributed by atoms with Crippen LogP contribution in [0.15, 0.2) is 42.5 Å². The zero-order chi connectivity index (χ0) is 17.7. The van der Waals surface area contributed by atoms with E-state index in [4.69, 9.17) is 0 Å². The minimum atomic E-state index is -1.51. The predicted octanol–water partition coefficient (Wildman–Crippen LogP) is 3.06. The van der Waals surface area contributed by atoms with Crippen molar-refractivity contribution < 1.29 is 23.1 Å². The molecule has 2 aromatic carbocycles. The van der Waals surface area contributed by atoms with Crippen LogP contribution in [0.5, 0.6) is 0 Å². The molecular weight excluding hydrogens is 319 g/mol. The first kappa shape index (κ1) is 18.0.